The molecule has 146 valence electrons. The van der Waals surface area contributed by atoms with Gasteiger partial charge in [0.05, 0.1) is 11.6 Å². The number of rotatable bonds is 3. The number of nitrogens with one attached hydrogen (secondary N) is 1. The number of nitrogens with zero attached hydrogens (tertiary/aromatic N) is 3. The lowest BCUT2D eigenvalue weighted by atomic mass is 10.1. The van der Waals surface area contributed by atoms with Gasteiger partial charge in [-0.05, 0) is 32.0 Å². The molecule has 1 N–H and O–H groups in total. The number of amides is 2. The van der Waals surface area contributed by atoms with Crippen LogP contribution in [0.15, 0.2) is 29.6 Å². The molecule has 1 saturated heterocycles. The number of piperazine rings is 1. The van der Waals surface area contributed by atoms with Gasteiger partial charge in [-0.25, -0.2) is 9.78 Å². The Hall–Kier alpha value is -2.29. The number of aromatic nitrogens is 1. The Balaban J connectivity index is 1.56. The molecular weight excluding hydrogens is 377 g/mol. The molecule has 0 saturated carbocycles. The van der Waals surface area contributed by atoms with E-state index in [0.717, 1.165) is 22.8 Å². The molecule has 1 aliphatic heterocycles. The SMILES string of the molecule is Cc1csc([C@H](C)NC(=O)N2CCN(c3cccc(C(F)(F)F)c3)CC2)n1. The normalized spacial score (nSPS) is 16.3. The molecule has 2 amide bonds. The number of hydrogen-bond donors (Lipinski definition) is 1. The molecule has 27 heavy (non-hydrogen) atoms. The third-order valence-corrected chi connectivity index (χ3v) is 5.60. The maximum atomic E-state index is 12.9. The Bertz CT molecular complexity index is 800. The van der Waals surface area contributed by atoms with Gasteiger partial charge in [-0.15, -0.1) is 11.3 Å². The summed E-state index contributed by atoms with van der Waals surface area (Å²) >= 11 is 1.50. The van der Waals surface area contributed by atoms with Crippen LogP contribution < -0.4 is 10.2 Å². The monoisotopic (exact) mass is 398 g/mol. The van der Waals surface area contributed by atoms with E-state index in [9.17, 15) is 18.0 Å². The number of benzene rings is 1. The highest BCUT2D eigenvalue weighted by atomic mass is 32.1. The standard InChI is InChI=1S/C18H21F3N4OS/c1-12-11-27-16(22-12)13(2)23-17(26)25-8-6-24(7-9-25)15-5-3-4-14(10-15)18(19,20)21/h3-5,10-11,13H,6-9H2,1-2H3,(H,23,26)/t13-/m0/s1. The summed E-state index contributed by atoms with van der Waals surface area (Å²) in [7, 11) is 0. The lowest BCUT2D eigenvalue weighted by Crippen LogP contribution is -2.52. The maximum Gasteiger partial charge on any atom is 0.416 e. The number of aryl methyl sites for hydroxylation is 1. The van der Waals surface area contributed by atoms with Gasteiger partial charge in [0.1, 0.15) is 5.01 Å². The molecule has 0 bridgehead atoms. The van der Waals surface area contributed by atoms with Gasteiger partial charge in [0, 0.05) is 42.9 Å². The molecule has 1 aromatic heterocycles. The van der Waals surface area contributed by atoms with Gasteiger partial charge < -0.3 is 15.1 Å². The molecule has 5 nitrogen and oxygen atoms in total. The van der Waals surface area contributed by atoms with Crippen LogP contribution in [0.2, 0.25) is 0 Å². The van der Waals surface area contributed by atoms with E-state index in [-0.39, 0.29) is 12.1 Å². The van der Waals surface area contributed by atoms with E-state index >= 15 is 0 Å². The molecule has 0 radical (unpaired) electrons. The minimum absolute atomic E-state index is 0.181. The maximum absolute atomic E-state index is 12.9. The molecule has 0 aliphatic carbocycles. The molecule has 9 heteroatoms. The van der Waals surface area contributed by atoms with Crippen molar-refractivity contribution in [2.24, 2.45) is 0 Å². The van der Waals surface area contributed by atoms with Gasteiger partial charge in [-0.1, -0.05) is 6.07 Å². The topological polar surface area (TPSA) is 48.5 Å². The number of halogens is 3. The lowest BCUT2D eigenvalue weighted by molar-refractivity contribution is -0.137. The van der Waals surface area contributed by atoms with Gasteiger partial charge in [-0.2, -0.15) is 13.2 Å². The van der Waals surface area contributed by atoms with Crippen molar-refractivity contribution >= 4 is 23.1 Å². The third kappa shape index (κ3) is 4.71. The van der Waals surface area contributed by atoms with Crippen molar-refractivity contribution in [2.75, 3.05) is 31.1 Å². The first-order valence-corrected chi connectivity index (χ1v) is 9.51. The van der Waals surface area contributed by atoms with Crippen LogP contribution in [0.4, 0.5) is 23.7 Å². The average molecular weight is 398 g/mol. The van der Waals surface area contributed by atoms with Gasteiger partial charge in [0.25, 0.3) is 0 Å². The zero-order chi connectivity index (χ0) is 19.6. The van der Waals surface area contributed by atoms with Crippen LogP contribution in [0, 0.1) is 6.92 Å². The molecule has 0 unspecified atom stereocenters. The van der Waals surface area contributed by atoms with Crippen LogP contribution in [-0.2, 0) is 6.18 Å². The highest BCUT2D eigenvalue weighted by Gasteiger charge is 2.31. The minimum atomic E-state index is -4.36. The second-order valence-corrected chi connectivity index (χ2v) is 7.41. The molecule has 1 fully saturated rings. The number of anilines is 1. The number of urea groups is 1. The second-order valence-electron chi connectivity index (χ2n) is 6.52. The van der Waals surface area contributed by atoms with Crippen molar-refractivity contribution in [2.45, 2.75) is 26.1 Å². The lowest BCUT2D eigenvalue weighted by Gasteiger charge is -2.36. The van der Waals surface area contributed by atoms with Crippen LogP contribution >= 0.6 is 11.3 Å². The number of thiazole rings is 1. The van der Waals surface area contributed by atoms with Crippen LogP contribution in [0.1, 0.15) is 29.2 Å². The van der Waals surface area contributed by atoms with Crippen LogP contribution in [0.3, 0.4) is 0 Å². The van der Waals surface area contributed by atoms with Crippen molar-refractivity contribution in [3.05, 3.63) is 45.9 Å². The highest BCUT2D eigenvalue weighted by Crippen LogP contribution is 2.31. The van der Waals surface area contributed by atoms with Gasteiger partial charge in [0.15, 0.2) is 0 Å². The van der Waals surface area contributed by atoms with Gasteiger partial charge in [0.2, 0.25) is 0 Å². The summed E-state index contributed by atoms with van der Waals surface area (Å²) in [6, 6.07) is 4.93. The van der Waals surface area contributed by atoms with E-state index < -0.39 is 11.7 Å². The molecule has 1 atom stereocenters. The Morgan fingerprint density at radius 2 is 1.96 bits per heavy atom. The molecule has 3 rings (SSSR count). The fourth-order valence-corrected chi connectivity index (χ4v) is 3.76. The Morgan fingerprint density at radius 3 is 2.56 bits per heavy atom. The fourth-order valence-electron chi connectivity index (χ4n) is 2.96. The van der Waals surface area contributed by atoms with Gasteiger partial charge >= 0.3 is 12.2 Å². The second kappa shape index (κ2) is 7.75. The third-order valence-electron chi connectivity index (χ3n) is 4.45. The van der Waals surface area contributed by atoms with Crippen LogP contribution in [-0.4, -0.2) is 42.1 Å². The summed E-state index contributed by atoms with van der Waals surface area (Å²) in [5, 5.41) is 5.72. The van der Waals surface area contributed by atoms with E-state index in [2.05, 4.69) is 10.3 Å². The van der Waals surface area contributed by atoms with E-state index in [1.54, 1.807) is 11.0 Å². The zero-order valence-electron chi connectivity index (χ0n) is 15.1. The summed E-state index contributed by atoms with van der Waals surface area (Å²) in [5.74, 6) is 0. The summed E-state index contributed by atoms with van der Waals surface area (Å²) in [4.78, 5) is 20.4. The first kappa shape index (κ1) is 19.5. The summed E-state index contributed by atoms with van der Waals surface area (Å²) in [6.45, 7) is 5.66. The predicted octanol–water partition coefficient (Wildman–Crippen LogP) is 4.06. The molecule has 1 aromatic carbocycles. The summed E-state index contributed by atoms with van der Waals surface area (Å²) in [5.41, 5.74) is 0.787. The minimum Gasteiger partial charge on any atom is -0.368 e. The Kier molecular flexibility index (Phi) is 5.59. The quantitative estimate of drug-likeness (QED) is 0.848. The Morgan fingerprint density at radius 1 is 1.26 bits per heavy atom. The van der Waals surface area contributed by atoms with E-state index in [4.69, 9.17) is 0 Å². The van der Waals surface area contributed by atoms with E-state index in [1.807, 2.05) is 24.1 Å². The van der Waals surface area contributed by atoms with Crippen LogP contribution in [0.25, 0.3) is 0 Å². The Labute approximate surface area is 159 Å². The van der Waals surface area contributed by atoms with Crippen molar-refractivity contribution in [1.29, 1.82) is 0 Å². The molecular formula is C18H21F3N4OS. The van der Waals surface area contributed by atoms with Gasteiger partial charge in [-0.3, -0.25) is 0 Å². The summed E-state index contributed by atoms with van der Waals surface area (Å²) in [6.07, 6.45) is -4.36. The largest absolute Gasteiger partial charge is 0.416 e. The summed E-state index contributed by atoms with van der Waals surface area (Å²) < 4.78 is 38.6. The molecule has 2 aromatic rings. The zero-order valence-corrected chi connectivity index (χ0v) is 15.9. The van der Waals surface area contributed by atoms with Crippen molar-refractivity contribution < 1.29 is 18.0 Å². The highest BCUT2D eigenvalue weighted by molar-refractivity contribution is 7.09. The van der Waals surface area contributed by atoms with E-state index in [0.29, 0.717) is 31.9 Å². The molecule has 0 spiro atoms. The number of hydrogen-bond acceptors (Lipinski definition) is 4. The van der Waals surface area contributed by atoms with Crippen molar-refractivity contribution in [3.63, 3.8) is 0 Å². The van der Waals surface area contributed by atoms with E-state index in [1.165, 1.54) is 17.4 Å². The smallest absolute Gasteiger partial charge is 0.368 e. The first-order valence-electron chi connectivity index (χ1n) is 8.63. The number of carbonyl (C=O) groups is 1. The number of carbonyl (C=O) groups excluding carboxylic acids is 1. The van der Waals surface area contributed by atoms with Crippen molar-refractivity contribution in [1.82, 2.24) is 15.2 Å². The first-order chi connectivity index (χ1) is 12.7. The molecule has 2 heterocycles. The molecule has 1 aliphatic rings. The fraction of sp³-hybridized carbons (Fsp3) is 0.444. The predicted molar refractivity (Wildman–Crippen MR) is 99.0 cm³/mol. The number of alkyl halides is 3. The van der Waals surface area contributed by atoms with Crippen LogP contribution in [0.5, 0.6) is 0 Å². The van der Waals surface area contributed by atoms with Crippen molar-refractivity contribution in [3.8, 4) is 0 Å². The average Bonchev–Trinajstić information content (AvgIpc) is 3.08.